The zero-order chi connectivity index (χ0) is 50.0. The van der Waals surface area contributed by atoms with Crippen molar-refractivity contribution in [1.82, 2.24) is 24.0 Å². The summed E-state index contributed by atoms with van der Waals surface area (Å²) in [4.78, 5) is 58.4. The van der Waals surface area contributed by atoms with E-state index in [4.69, 9.17) is 16.6 Å². The lowest BCUT2D eigenvalue weighted by Crippen LogP contribution is -2.57. The minimum absolute atomic E-state index is 0.00925. The summed E-state index contributed by atoms with van der Waals surface area (Å²) < 4.78 is 45.5. The number of aliphatic hydroxyl groups is 1. The molecule has 2 fully saturated rings. The van der Waals surface area contributed by atoms with E-state index in [2.05, 4.69) is 62.2 Å². The summed E-state index contributed by atoms with van der Waals surface area (Å²) in [7, 11) is 1.61. The largest absolute Gasteiger partial charge is 0.397 e. The number of hydrogen-bond donors (Lipinski definition) is 3. The number of fused-ring (bicyclic) bond motifs is 3. The van der Waals surface area contributed by atoms with Crippen molar-refractivity contribution < 1.29 is 27.9 Å². The van der Waals surface area contributed by atoms with Crippen molar-refractivity contribution in [2.45, 2.75) is 97.1 Å². The monoisotopic (exact) mass is 980 g/mol. The Morgan fingerprint density at radius 1 is 1.00 bits per heavy atom. The van der Waals surface area contributed by atoms with Gasteiger partial charge in [-0.3, -0.25) is 24.2 Å². The van der Waals surface area contributed by atoms with Gasteiger partial charge in [0.05, 0.1) is 29.1 Å². The van der Waals surface area contributed by atoms with E-state index in [-0.39, 0.29) is 39.8 Å². The van der Waals surface area contributed by atoms with Crippen LogP contribution < -0.4 is 30.9 Å². The summed E-state index contributed by atoms with van der Waals surface area (Å²) >= 11 is 6.30. The summed E-state index contributed by atoms with van der Waals surface area (Å²) in [6, 6.07) is 14.5. The molecule has 0 saturated carbocycles. The van der Waals surface area contributed by atoms with Gasteiger partial charge in [0.2, 0.25) is 5.91 Å². The number of carbonyl (C=O) groups excluding carboxylic acids is 2. The van der Waals surface area contributed by atoms with Gasteiger partial charge in [0.25, 0.3) is 11.5 Å². The number of nitrogens with one attached hydrogen (secondary N) is 2. The Morgan fingerprint density at radius 3 is 2.46 bits per heavy atom. The maximum Gasteiger partial charge on any atom is 0.397 e. The number of carbonyl (C=O) groups is 2. The van der Waals surface area contributed by atoms with E-state index < -0.39 is 29.7 Å². The zero-order valence-corrected chi connectivity index (χ0v) is 41.2. The first-order chi connectivity index (χ1) is 33.2. The van der Waals surface area contributed by atoms with Gasteiger partial charge in [0.15, 0.2) is 5.82 Å². The lowest BCUT2D eigenvalue weighted by Gasteiger charge is -2.47. The predicted octanol–water partition coefficient (Wildman–Crippen LogP) is 8.46. The van der Waals surface area contributed by atoms with Crippen LogP contribution in [-0.4, -0.2) is 98.5 Å². The molecule has 0 radical (unpaired) electrons. The number of piperidine rings is 1. The average Bonchev–Trinajstić information content (AvgIpc) is 3.82. The highest BCUT2D eigenvalue weighted by molar-refractivity contribution is 6.31. The van der Waals surface area contributed by atoms with Crippen LogP contribution in [0.4, 0.5) is 47.6 Å². The second kappa shape index (κ2) is 18.5. The Hall–Kier alpha value is -6.17. The van der Waals surface area contributed by atoms with Gasteiger partial charge < -0.3 is 34.7 Å². The van der Waals surface area contributed by atoms with E-state index in [1.807, 2.05) is 18.2 Å². The van der Waals surface area contributed by atoms with Gasteiger partial charge in [-0.15, -0.1) is 0 Å². The number of rotatable bonds is 11. The molecule has 1 atom stereocenters. The Kier molecular flexibility index (Phi) is 12.9. The Labute approximate surface area is 410 Å². The van der Waals surface area contributed by atoms with E-state index in [0.717, 1.165) is 64.0 Å². The zero-order valence-electron chi connectivity index (χ0n) is 40.5. The molecule has 2 amide bonds. The Balaban J connectivity index is 0.906. The van der Waals surface area contributed by atoms with Crippen LogP contribution in [0.5, 0.6) is 0 Å². The highest BCUT2D eigenvalue weighted by Gasteiger charge is 2.49. The van der Waals surface area contributed by atoms with Crippen LogP contribution in [-0.2, 0) is 43.3 Å². The molecule has 9 rings (SSSR count). The molecule has 0 spiro atoms. The van der Waals surface area contributed by atoms with Crippen LogP contribution in [0.15, 0.2) is 78.4 Å². The fourth-order valence-corrected chi connectivity index (χ4v) is 11.2. The number of anilines is 6. The quantitative estimate of drug-likeness (QED) is 0.110. The van der Waals surface area contributed by atoms with Gasteiger partial charge in [0.1, 0.15) is 11.5 Å². The molecule has 0 bridgehead atoms. The van der Waals surface area contributed by atoms with Gasteiger partial charge in [-0.1, -0.05) is 32.0 Å². The van der Waals surface area contributed by atoms with Crippen LogP contribution in [0.25, 0.3) is 11.3 Å². The summed E-state index contributed by atoms with van der Waals surface area (Å²) in [6.45, 7) is 16.7. The summed E-state index contributed by atoms with van der Waals surface area (Å²) in [5.41, 5.74) is 4.58. The van der Waals surface area contributed by atoms with Gasteiger partial charge in [-0.25, -0.2) is 9.97 Å². The van der Waals surface area contributed by atoms with E-state index in [0.29, 0.717) is 72.4 Å². The standard InChI is InChI=1S/C52H60ClF3N10O4/c1-8-45(68)59-40-24-33(9-12-42(40)64-20-19-63(28-31(64)2)34-14-17-62(18-15-34)35-10-11-39(53)38(25-35)51(5,6)52(54,55)56)58-46-49(70)61(7)29-41(60-46)36-13-16-57-47(37(36)30-67)66-22-21-65-43(48(66)69)23-32-26-50(3,4)27-44(32)65/h8-13,16,23-25,29,31,34,67H,1,14-15,17-22,26-28,30H2,2-7H3,(H,58,60)(H,59,68). The van der Waals surface area contributed by atoms with E-state index in [1.165, 1.54) is 21.9 Å². The van der Waals surface area contributed by atoms with Crippen LogP contribution >= 0.6 is 11.6 Å². The maximum absolute atomic E-state index is 14.0. The number of aromatic nitrogens is 4. The number of alkyl halides is 3. The lowest BCUT2D eigenvalue weighted by molar-refractivity contribution is -0.180. The SMILES string of the molecule is C=CC(=O)Nc1cc(Nc2nc(-c3ccnc(N4CCn5c(cc6c5CC(C)(C)C6)C4=O)c3CO)cn(C)c2=O)ccc1N1CCN(C2CCN(c3ccc(Cl)c(C(C)(C)C(F)(F)F)c3)CC2)CC1C. The number of aryl methyl sites for hydroxylation is 1. The summed E-state index contributed by atoms with van der Waals surface area (Å²) in [6.07, 6.45) is 3.43. The van der Waals surface area contributed by atoms with Crippen molar-refractivity contribution in [2.75, 3.05) is 64.6 Å². The molecule has 5 aromatic rings. The lowest BCUT2D eigenvalue weighted by atomic mass is 9.83. The smallest absolute Gasteiger partial charge is 0.392 e. The van der Waals surface area contributed by atoms with Crippen molar-refractivity contribution in [3.05, 3.63) is 117 Å². The number of nitrogens with zero attached hydrogens (tertiary/aromatic N) is 8. The molecule has 70 heavy (non-hydrogen) atoms. The minimum Gasteiger partial charge on any atom is -0.392 e. The van der Waals surface area contributed by atoms with Gasteiger partial charge in [-0.2, -0.15) is 13.2 Å². The third kappa shape index (κ3) is 9.07. The molecular formula is C52H60ClF3N10O4. The molecule has 1 unspecified atom stereocenters. The number of piperazine rings is 1. The first-order valence-electron chi connectivity index (χ1n) is 23.8. The van der Waals surface area contributed by atoms with Crippen LogP contribution in [0.3, 0.4) is 0 Å². The molecule has 1 aliphatic carbocycles. The van der Waals surface area contributed by atoms with Crippen molar-refractivity contribution in [2.24, 2.45) is 12.5 Å². The van der Waals surface area contributed by atoms with Crippen LogP contribution in [0.2, 0.25) is 5.02 Å². The summed E-state index contributed by atoms with van der Waals surface area (Å²) in [5, 5.41) is 17.1. The van der Waals surface area contributed by atoms with Gasteiger partial charge >= 0.3 is 6.18 Å². The van der Waals surface area contributed by atoms with Gasteiger partial charge in [-0.05, 0) is 118 Å². The first-order valence-corrected chi connectivity index (χ1v) is 24.2. The number of aliphatic hydroxyl groups excluding tert-OH is 1. The Morgan fingerprint density at radius 2 is 1.76 bits per heavy atom. The molecule has 370 valence electrons. The van der Waals surface area contributed by atoms with Gasteiger partial charge in [0, 0.05) is 111 Å². The first kappa shape index (κ1) is 48.8. The number of halogens is 4. The second-order valence-corrected chi connectivity index (χ2v) is 20.8. The second-order valence-electron chi connectivity index (χ2n) is 20.4. The van der Waals surface area contributed by atoms with Crippen molar-refractivity contribution >= 4 is 57.8 Å². The number of amides is 2. The van der Waals surface area contributed by atoms with Crippen molar-refractivity contribution in [1.29, 1.82) is 0 Å². The maximum atomic E-state index is 14.0. The molecule has 3 aromatic heterocycles. The third-order valence-electron chi connectivity index (χ3n) is 14.8. The Bertz CT molecular complexity index is 2940. The summed E-state index contributed by atoms with van der Waals surface area (Å²) in [5.74, 6) is -0.239. The number of benzene rings is 2. The topological polar surface area (TPSA) is 144 Å². The molecule has 6 heterocycles. The predicted molar refractivity (Wildman–Crippen MR) is 269 cm³/mol. The normalized spacial score (nSPS) is 18.8. The highest BCUT2D eigenvalue weighted by Crippen LogP contribution is 2.45. The fourth-order valence-electron chi connectivity index (χ4n) is 10.8. The molecule has 3 aliphatic heterocycles. The van der Waals surface area contributed by atoms with Crippen molar-refractivity contribution in [3.63, 3.8) is 0 Å². The van der Waals surface area contributed by atoms with Crippen LogP contribution in [0.1, 0.15) is 80.3 Å². The molecule has 4 aliphatic rings. The third-order valence-corrected chi connectivity index (χ3v) is 15.1. The minimum atomic E-state index is -4.45. The molecule has 3 N–H and O–H groups in total. The fraction of sp³-hybridized carbons (Fsp3) is 0.442. The van der Waals surface area contributed by atoms with Crippen molar-refractivity contribution in [3.8, 4) is 11.3 Å². The van der Waals surface area contributed by atoms with E-state index in [9.17, 15) is 32.7 Å². The number of pyridine rings is 1. The molecule has 2 saturated heterocycles. The highest BCUT2D eigenvalue weighted by atomic mass is 35.5. The molecule has 14 nitrogen and oxygen atoms in total. The molecule has 18 heteroatoms. The average molecular weight is 982 g/mol. The van der Waals surface area contributed by atoms with Crippen LogP contribution in [0, 0.1) is 5.41 Å². The van der Waals surface area contributed by atoms with E-state index >= 15 is 0 Å². The molecular weight excluding hydrogens is 921 g/mol. The van der Waals surface area contributed by atoms with E-state index in [1.54, 1.807) is 54.7 Å². The number of hydrogen-bond acceptors (Lipinski definition) is 10. The molecule has 2 aromatic carbocycles.